The van der Waals surface area contributed by atoms with Crippen molar-refractivity contribution in [3.05, 3.63) is 145 Å². The van der Waals surface area contributed by atoms with Crippen LogP contribution >= 0.6 is 0 Å². The first-order valence-electron chi connectivity index (χ1n) is 11.9. The molecule has 0 saturated heterocycles. The van der Waals surface area contributed by atoms with Gasteiger partial charge in [-0.2, -0.15) is 5.10 Å². The lowest BCUT2D eigenvalue weighted by Gasteiger charge is -2.22. The Balaban J connectivity index is 1.48. The van der Waals surface area contributed by atoms with Gasteiger partial charge >= 0.3 is 0 Å². The second-order valence-electron chi connectivity index (χ2n) is 8.59. The molecule has 3 heteroatoms. The predicted molar refractivity (Wildman–Crippen MR) is 147 cm³/mol. The minimum absolute atomic E-state index is 0.640. The van der Waals surface area contributed by atoms with E-state index in [1.165, 1.54) is 22.3 Å². The van der Waals surface area contributed by atoms with Gasteiger partial charge in [0, 0.05) is 11.3 Å². The molecule has 0 atom stereocenters. The zero-order valence-electron chi connectivity index (χ0n) is 19.3. The van der Waals surface area contributed by atoms with E-state index >= 15 is 0 Å². The Morgan fingerprint density at radius 1 is 0.429 bits per heavy atom. The Hall–Kier alpha value is -4.63. The van der Waals surface area contributed by atoms with Gasteiger partial charge in [-0.15, -0.1) is 0 Å². The van der Waals surface area contributed by atoms with Crippen molar-refractivity contribution in [3.8, 4) is 22.3 Å². The Morgan fingerprint density at radius 3 is 1.40 bits per heavy atom. The van der Waals surface area contributed by atoms with Crippen molar-refractivity contribution in [2.75, 3.05) is 16.6 Å². The van der Waals surface area contributed by atoms with Gasteiger partial charge in [0.05, 0.1) is 5.69 Å². The molecule has 1 aliphatic rings. The molecule has 0 unspecified atom stereocenters. The molecule has 168 valence electrons. The zero-order valence-corrected chi connectivity index (χ0v) is 19.3. The second kappa shape index (κ2) is 9.32. The maximum absolute atomic E-state index is 5.13. The highest BCUT2D eigenvalue weighted by Crippen LogP contribution is 2.34. The molecule has 35 heavy (non-hydrogen) atoms. The quantitative estimate of drug-likeness (QED) is 0.273. The van der Waals surface area contributed by atoms with Gasteiger partial charge in [0.2, 0.25) is 0 Å². The summed E-state index contributed by atoms with van der Waals surface area (Å²) in [4.78, 5) is 2.27. The Morgan fingerprint density at radius 2 is 0.886 bits per heavy atom. The number of hydrogen-bond acceptors (Lipinski definition) is 3. The number of rotatable bonds is 5. The third kappa shape index (κ3) is 4.32. The van der Waals surface area contributed by atoms with Gasteiger partial charge in [-0.05, 0) is 52.6 Å². The molecule has 1 aliphatic heterocycles. The van der Waals surface area contributed by atoms with E-state index in [1.54, 1.807) is 0 Å². The summed E-state index contributed by atoms with van der Waals surface area (Å²) < 4.78 is 0. The fourth-order valence-corrected chi connectivity index (χ4v) is 4.51. The average molecular weight is 452 g/mol. The molecule has 3 nitrogen and oxygen atoms in total. The van der Waals surface area contributed by atoms with Crippen molar-refractivity contribution in [1.82, 2.24) is 0 Å². The second-order valence-corrected chi connectivity index (χ2v) is 8.59. The fraction of sp³-hybridized carbons (Fsp3) is 0.0312. The van der Waals surface area contributed by atoms with E-state index in [9.17, 15) is 0 Å². The van der Waals surface area contributed by atoms with Gasteiger partial charge < -0.3 is 4.90 Å². The molecular formula is C32H25N3. The third-order valence-corrected chi connectivity index (χ3v) is 6.28. The largest absolute Gasteiger partial charge is 0.304 e. The molecule has 0 radical (unpaired) electrons. The molecule has 0 aromatic heterocycles. The Bertz CT molecular complexity index is 1390. The monoisotopic (exact) mass is 451 g/mol. The highest BCUT2D eigenvalue weighted by atomic mass is 15.6. The number of para-hydroxylation sites is 1. The van der Waals surface area contributed by atoms with Crippen LogP contribution in [0.15, 0.2) is 145 Å². The van der Waals surface area contributed by atoms with Crippen LogP contribution < -0.4 is 9.91 Å². The summed E-state index contributed by atoms with van der Waals surface area (Å²) in [6.45, 7) is 0.640. The molecule has 0 bridgehead atoms. The highest BCUT2D eigenvalue weighted by molar-refractivity contribution is 6.12. The van der Waals surface area contributed by atoms with Crippen LogP contribution in [0.25, 0.3) is 22.3 Å². The predicted octanol–water partition coefficient (Wildman–Crippen LogP) is 7.67. The van der Waals surface area contributed by atoms with Crippen LogP contribution in [-0.2, 0) is 0 Å². The zero-order chi connectivity index (χ0) is 23.5. The van der Waals surface area contributed by atoms with Crippen molar-refractivity contribution in [2.45, 2.75) is 0 Å². The standard InChI is InChI=1S/C32H25N3/c1-5-13-25(14-6-1)28-21-29(26-15-7-2-8-16-26)23-31(22-28)35-24-34(30-19-11-4-12-20-30)32(33-35)27-17-9-3-10-18-27/h1-23H,24H2. The smallest absolute Gasteiger partial charge is 0.162 e. The van der Waals surface area contributed by atoms with Crippen LogP contribution in [0.1, 0.15) is 5.56 Å². The van der Waals surface area contributed by atoms with Gasteiger partial charge in [0.25, 0.3) is 0 Å². The molecule has 1 heterocycles. The van der Waals surface area contributed by atoms with Gasteiger partial charge in [0.1, 0.15) is 6.67 Å². The summed E-state index contributed by atoms with van der Waals surface area (Å²) in [5.74, 6) is 0.947. The Kier molecular flexibility index (Phi) is 5.57. The number of hydrazone groups is 1. The van der Waals surface area contributed by atoms with Crippen LogP contribution in [0.5, 0.6) is 0 Å². The first-order chi connectivity index (χ1) is 17.3. The summed E-state index contributed by atoms with van der Waals surface area (Å²) in [6, 6.07) is 48.7. The van der Waals surface area contributed by atoms with Gasteiger partial charge in [-0.3, -0.25) is 0 Å². The van der Waals surface area contributed by atoms with Crippen LogP contribution in [-0.4, -0.2) is 12.5 Å². The molecule has 6 rings (SSSR count). The highest BCUT2D eigenvalue weighted by Gasteiger charge is 2.27. The van der Waals surface area contributed by atoms with E-state index in [-0.39, 0.29) is 0 Å². The number of benzene rings is 5. The first-order valence-corrected chi connectivity index (χ1v) is 11.9. The minimum Gasteiger partial charge on any atom is -0.304 e. The van der Waals surface area contributed by atoms with E-state index in [0.717, 1.165) is 22.8 Å². The first kappa shape index (κ1) is 20.9. The SMILES string of the molecule is c1ccc(C2=NN(c3cc(-c4ccccc4)cc(-c4ccccc4)c3)CN2c2ccccc2)cc1. The van der Waals surface area contributed by atoms with Crippen molar-refractivity contribution >= 4 is 17.2 Å². The molecule has 5 aromatic rings. The van der Waals surface area contributed by atoms with E-state index in [2.05, 4.69) is 137 Å². The molecule has 0 saturated carbocycles. The summed E-state index contributed by atoms with van der Waals surface area (Å²) in [5, 5.41) is 7.24. The molecule has 0 fully saturated rings. The number of amidine groups is 1. The normalized spacial score (nSPS) is 13.1. The minimum atomic E-state index is 0.640. The molecule has 5 aromatic carbocycles. The van der Waals surface area contributed by atoms with Crippen molar-refractivity contribution < 1.29 is 0 Å². The van der Waals surface area contributed by atoms with E-state index < -0.39 is 0 Å². The maximum atomic E-state index is 5.13. The third-order valence-electron chi connectivity index (χ3n) is 6.28. The molecule has 0 N–H and O–H groups in total. The lowest BCUT2D eigenvalue weighted by molar-refractivity contribution is 0.912. The molecular weight excluding hydrogens is 426 g/mol. The van der Waals surface area contributed by atoms with Crippen molar-refractivity contribution in [3.63, 3.8) is 0 Å². The van der Waals surface area contributed by atoms with E-state index in [1.807, 2.05) is 12.1 Å². The lowest BCUT2D eigenvalue weighted by atomic mass is 9.98. The van der Waals surface area contributed by atoms with Crippen LogP contribution in [0, 0.1) is 0 Å². The van der Waals surface area contributed by atoms with Crippen molar-refractivity contribution in [2.24, 2.45) is 5.10 Å². The Labute approximate surface area is 206 Å². The van der Waals surface area contributed by atoms with Gasteiger partial charge in [-0.25, -0.2) is 5.01 Å². The number of anilines is 2. The van der Waals surface area contributed by atoms with Crippen LogP contribution in [0.2, 0.25) is 0 Å². The molecule has 0 spiro atoms. The number of hydrogen-bond donors (Lipinski definition) is 0. The maximum Gasteiger partial charge on any atom is 0.162 e. The molecule has 0 amide bonds. The van der Waals surface area contributed by atoms with Crippen molar-refractivity contribution in [1.29, 1.82) is 0 Å². The summed E-state index contributed by atoms with van der Waals surface area (Å²) in [7, 11) is 0. The van der Waals surface area contributed by atoms with E-state index in [4.69, 9.17) is 5.10 Å². The fourth-order valence-electron chi connectivity index (χ4n) is 4.51. The molecule has 0 aliphatic carbocycles. The van der Waals surface area contributed by atoms with E-state index in [0.29, 0.717) is 6.67 Å². The number of nitrogens with zero attached hydrogens (tertiary/aromatic N) is 3. The van der Waals surface area contributed by atoms with Gasteiger partial charge in [0.15, 0.2) is 5.84 Å². The lowest BCUT2D eigenvalue weighted by Crippen LogP contribution is -2.31. The van der Waals surface area contributed by atoms with Crippen LogP contribution in [0.3, 0.4) is 0 Å². The summed E-state index contributed by atoms with van der Waals surface area (Å²) >= 11 is 0. The topological polar surface area (TPSA) is 18.8 Å². The van der Waals surface area contributed by atoms with Crippen LogP contribution in [0.4, 0.5) is 11.4 Å². The summed E-state index contributed by atoms with van der Waals surface area (Å²) in [6.07, 6.45) is 0. The summed E-state index contributed by atoms with van der Waals surface area (Å²) in [5.41, 5.74) is 8.03. The van der Waals surface area contributed by atoms with Gasteiger partial charge in [-0.1, -0.05) is 109 Å². The average Bonchev–Trinajstić information content (AvgIpc) is 3.41.